The average Bonchev–Trinajstić information content (AvgIpc) is 2.20. The third-order valence-electron chi connectivity index (χ3n) is 1.82. The Kier molecular flexibility index (Phi) is 4.66. The zero-order valence-electron chi connectivity index (χ0n) is 10.5. The summed E-state index contributed by atoms with van der Waals surface area (Å²) in [5.41, 5.74) is -1.28. The average molecular weight is 382 g/mol. The lowest BCUT2D eigenvalue weighted by atomic mass is 10.2. The standard InChI is InChI=1S/C11H12FIN2O4/c1-11(2,3)19-10(18)15(9(16)17)8-6(12)4-14-5-7(8)13/h4-5H,1-3H3,(H,16,17). The first-order valence-electron chi connectivity index (χ1n) is 5.18. The number of anilines is 1. The summed E-state index contributed by atoms with van der Waals surface area (Å²) in [5.74, 6) is -0.917. The molecule has 1 aromatic rings. The molecule has 0 unspecified atom stereocenters. The maximum absolute atomic E-state index is 13.7. The van der Waals surface area contributed by atoms with Crippen LogP contribution in [0.5, 0.6) is 0 Å². The lowest BCUT2D eigenvalue weighted by Gasteiger charge is -2.25. The van der Waals surface area contributed by atoms with Crippen LogP contribution in [0.15, 0.2) is 12.4 Å². The molecule has 0 atom stereocenters. The molecule has 1 heterocycles. The molecule has 0 radical (unpaired) electrons. The Morgan fingerprint density at radius 2 is 2.00 bits per heavy atom. The number of aromatic nitrogens is 1. The highest BCUT2D eigenvalue weighted by Crippen LogP contribution is 2.26. The van der Waals surface area contributed by atoms with E-state index in [4.69, 9.17) is 9.84 Å². The summed E-state index contributed by atoms with van der Waals surface area (Å²) >= 11 is 1.69. The van der Waals surface area contributed by atoms with Gasteiger partial charge in [-0.15, -0.1) is 0 Å². The number of halogens is 2. The molecular formula is C11H12FIN2O4. The summed E-state index contributed by atoms with van der Waals surface area (Å²) in [6, 6.07) is 0. The third-order valence-corrected chi connectivity index (χ3v) is 2.61. The number of amides is 2. The number of carboxylic acid groups (broad SMARTS) is 1. The van der Waals surface area contributed by atoms with Crippen molar-refractivity contribution >= 4 is 40.5 Å². The summed E-state index contributed by atoms with van der Waals surface area (Å²) in [7, 11) is 0. The number of ether oxygens (including phenoxy) is 1. The summed E-state index contributed by atoms with van der Waals surface area (Å²) in [4.78, 5) is 26.8. The van der Waals surface area contributed by atoms with Gasteiger partial charge in [-0.2, -0.15) is 4.90 Å². The van der Waals surface area contributed by atoms with Gasteiger partial charge in [-0.25, -0.2) is 14.0 Å². The maximum atomic E-state index is 13.7. The number of carbonyl (C=O) groups is 2. The van der Waals surface area contributed by atoms with Crippen LogP contribution in [0.2, 0.25) is 0 Å². The molecular weight excluding hydrogens is 370 g/mol. The lowest BCUT2D eigenvalue weighted by Crippen LogP contribution is -2.41. The van der Waals surface area contributed by atoms with Gasteiger partial charge in [0, 0.05) is 6.20 Å². The van der Waals surface area contributed by atoms with E-state index in [1.54, 1.807) is 43.4 Å². The maximum Gasteiger partial charge on any atom is 0.424 e. The zero-order valence-corrected chi connectivity index (χ0v) is 12.6. The van der Waals surface area contributed by atoms with Gasteiger partial charge in [0.05, 0.1) is 9.77 Å². The second kappa shape index (κ2) is 5.68. The molecule has 0 fully saturated rings. The Morgan fingerprint density at radius 3 is 2.42 bits per heavy atom. The number of pyridine rings is 1. The molecule has 0 spiro atoms. The largest absolute Gasteiger partial charge is 0.464 e. The van der Waals surface area contributed by atoms with Crippen molar-refractivity contribution in [3.63, 3.8) is 0 Å². The van der Waals surface area contributed by atoms with Gasteiger partial charge in [0.1, 0.15) is 11.3 Å². The molecule has 6 nitrogen and oxygen atoms in total. The van der Waals surface area contributed by atoms with Crippen LogP contribution in [0.3, 0.4) is 0 Å². The van der Waals surface area contributed by atoms with E-state index >= 15 is 0 Å². The molecule has 0 aliphatic rings. The molecule has 0 bridgehead atoms. The van der Waals surface area contributed by atoms with Crippen LogP contribution in [-0.4, -0.2) is 27.9 Å². The summed E-state index contributed by atoms with van der Waals surface area (Å²) in [6.45, 7) is 4.75. The highest BCUT2D eigenvalue weighted by molar-refractivity contribution is 14.1. The van der Waals surface area contributed by atoms with Gasteiger partial charge in [-0.1, -0.05) is 0 Å². The van der Waals surface area contributed by atoms with Crippen LogP contribution in [0, 0.1) is 9.39 Å². The second-order valence-corrected chi connectivity index (χ2v) is 5.71. The Balaban J connectivity index is 3.22. The van der Waals surface area contributed by atoms with Crippen molar-refractivity contribution in [2.24, 2.45) is 0 Å². The first-order chi connectivity index (χ1) is 8.63. The molecule has 0 saturated carbocycles. The first kappa shape index (κ1) is 15.6. The topological polar surface area (TPSA) is 79.7 Å². The van der Waals surface area contributed by atoms with Crippen LogP contribution in [0.1, 0.15) is 20.8 Å². The van der Waals surface area contributed by atoms with Crippen molar-refractivity contribution < 1.29 is 23.8 Å². The summed E-state index contributed by atoms with van der Waals surface area (Å²) in [5, 5.41) is 9.08. The minimum absolute atomic E-state index is 0.186. The number of rotatable bonds is 1. The van der Waals surface area contributed by atoms with Gasteiger partial charge >= 0.3 is 12.2 Å². The lowest BCUT2D eigenvalue weighted by molar-refractivity contribution is 0.0580. The van der Waals surface area contributed by atoms with Gasteiger partial charge in [0.25, 0.3) is 0 Å². The first-order valence-corrected chi connectivity index (χ1v) is 6.26. The van der Waals surface area contributed by atoms with E-state index in [1.165, 1.54) is 6.20 Å². The third kappa shape index (κ3) is 4.01. The fraction of sp³-hybridized carbons (Fsp3) is 0.364. The minimum atomic E-state index is -1.63. The minimum Gasteiger partial charge on any atom is -0.464 e. The fourth-order valence-corrected chi connectivity index (χ4v) is 1.85. The van der Waals surface area contributed by atoms with Crippen molar-refractivity contribution in [2.75, 3.05) is 4.90 Å². The van der Waals surface area contributed by atoms with E-state index in [0.29, 0.717) is 0 Å². The molecule has 0 aliphatic heterocycles. The zero-order chi connectivity index (χ0) is 14.8. The molecule has 1 rings (SSSR count). The summed E-state index contributed by atoms with van der Waals surface area (Å²) < 4.78 is 18.8. The SMILES string of the molecule is CC(C)(C)OC(=O)N(C(=O)O)c1c(F)cncc1I. The van der Waals surface area contributed by atoms with Gasteiger partial charge < -0.3 is 9.84 Å². The number of nitrogens with zero attached hydrogens (tertiary/aromatic N) is 2. The molecule has 8 heteroatoms. The van der Waals surface area contributed by atoms with Crippen LogP contribution < -0.4 is 4.90 Å². The van der Waals surface area contributed by atoms with E-state index in [9.17, 15) is 14.0 Å². The molecule has 2 amide bonds. The van der Waals surface area contributed by atoms with E-state index < -0.39 is 29.3 Å². The van der Waals surface area contributed by atoms with Crippen molar-refractivity contribution in [1.29, 1.82) is 0 Å². The van der Waals surface area contributed by atoms with Gasteiger partial charge in [0.15, 0.2) is 5.82 Å². The molecule has 0 aromatic carbocycles. The molecule has 1 N–H and O–H groups in total. The Morgan fingerprint density at radius 1 is 1.42 bits per heavy atom. The highest BCUT2D eigenvalue weighted by atomic mass is 127. The van der Waals surface area contributed by atoms with Crippen molar-refractivity contribution in [2.45, 2.75) is 26.4 Å². The number of hydrogen-bond acceptors (Lipinski definition) is 4. The number of carbonyl (C=O) groups excluding carboxylic acids is 1. The Hall–Kier alpha value is -1.45. The van der Waals surface area contributed by atoms with Crippen LogP contribution >= 0.6 is 22.6 Å². The molecule has 104 valence electrons. The van der Waals surface area contributed by atoms with Crippen LogP contribution in [0.4, 0.5) is 19.7 Å². The van der Waals surface area contributed by atoms with E-state index in [2.05, 4.69) is 4.98 Å². The van der Waals surface area contributed by atoms with Crippen LogP contribution in [-0.2, 0) is 4.74 Å². The predicted molar refractivity (Wildman–Crippen MR) is 73.6 cm³/mol. The Bertz CT molecular complexity index is 496. The van der Waals surface area contributed by atoms with E-state index in [-0.39, 0.29) is 8.47 Å². The molecule has 1 aromatic heterocycles. The molecule has 19 heavy (non-hydrogen) atoms. The van der Waals surface area contributed by atoms with Crippen LogP contribution in [0.25, 0.3) is 0 Å². The number of imide groups is 1. The van der Waals surface area contributed by atoms with Gasteiger partial charge in [-0.05, 0) is 43.4 Å². The quantitative estimate of drug-likeness (QED) is 0.755. The molecule has 0 aliphatic carbocycles. The number of hydrogen-bond donors (Lipinski definition) is 1. The van der Waals surface area contributed by atoms with Gasteiger partial charge in [0.2, 0.25) is 0 Å². The highest BCUT2D eigenvalue weighted by Gasteiger charge is 2.32. The van der Waals surface area contributed by atoms with E-state index in [1.807, 2.05) is 0 Å². The van der Waals surface area contributed by atoms with Crippen molar-refractivity contribution in [3.8, 4) is 0 Å². The summed E-state index contributed by atoms with van der Waals surface area (Å²) in [6.07, 6.45) is -0.711. The predicted octanol–water partition coefficient (Wildman–Crippen LogP) is 3.24. The van der Waals surface area contributed by atoms with Crippen molar-refractivity contribution in [1.82, 2.24) is 4.98 Å². The van der Waals surface area contributed by atoms with Crippen molar-refractivity contribution in [3.05, 3.63) is 21.8 Å². The Labute approximate surface area is 122 Å². The van der Waals surface area contributed by atoms with E-state index in [0.717, 1.165) is 6.20 Å². The smallest absolute Gasteiger partial charge is 0.424 e. The fourth-order valence-electron chi connectivity index (χ4n) is 1.19. The molecule has 0 saturated heterocycles. The normalized spacial score (nSPS) is 11.0. The monoisotopic (exact) mass is 382 g/mol. The second-order valence-electron chi connectivity index (χ2n) is 4.55. The van der Waals surface area contributed by atoms with Gasteiger partial charge in [-0.3, -0.25) is 4.98 Å².